The van der Waals surface area contributed by atoms with Gasteiger partial charge in [-0.3, -0.25) is 0 Å². The fourth-order valence-corrected chi connectivity index (χ4v) is 2.09. The molecule has 0 saturated heterocycles. The lowest BCUT2D eigenvalue weighted by molar-refractivity contribution is -0.142. The number of amides is 1. The minimum atomic E-state index is -1.12. The molecule has 1 amide bonds. The van der Waals surface area contributed by atoms with E-state index in [1.165, 1.54) is 6.42 Å². The number of alkyl carbamates (subject to hydrolysis) is 1. The van der Waals surface area contributed by atoms with Gasteiger partial charge in [0.2, 0.25) is 0 Å². The van der Waals surface area contributed by atoms with E-state index < -0.39 is 23.7 Å². The number of hydrogen-bond donors (Lipinski definition) is 2. The number of nitrogens with one attached hydrogen (secondary N) is 1. The molecule has 1 aliphatic carbocycles. The first-order chi connectivity index (χ1) is 9.28. The summed E-state index contributed by atoms with van der Waals surface area (Å²) >= 11 is 0. The van der Waals surface area contributed by atoms with Gasteiger partial charge in [-0.05, 0) is 33.6 Å². The van der Waals surface area contributed by atoms with Gasteiger partial charge >= 0.3 is 12.1 Å². The number of carbonyl (C=O) groups excluding carboxylic acids is 1. The Bertz CT molecular complexity index is 331. The van der Waals surface area contributed by atoms with Crippen LogP contribution in [-0.2, 0) is 14.3 Å². The average molecular weight is 287 g/mol. The van der Waals surface area contributed by atoms with Crippen molar-refractivity contribution in [3.05, 3.63) is 0 Å². The van der Waals surface area contributed by atoms with Gasteiger partial charge in [-0.1, -0.05) is 19.3 Å². The highest BCUT2D eigenvalue weighted by Crippen LogP contribution is 2.20. The van der Waals surface area contributed by atoms with Crippen LogP contribution in [0.5, 0.6) is 0 Å². The highest BCUT2D eigenvalue weighted by atomic mass is 16.6. The van der Waals surface area contributed by atoms with E-state index in [0.717, 1.165) is 25.7 Å². The number of rotatable bonds is 5. The van der Waals surface area contributed by atoms with Crippen LogP contribution in [0.1, 0.15) is 52.9 Å². The van der Waals surface area contributed by atoms with E-state index in [1.54, 1.807) is 20.8 Å². The highest BCUT2D eigenvalue weighted by Gasteiger charge is 2.25. The van der Waals surface area contributed by atoms with Gasteiger partial charge in [-0.15, -0.1) is 0 Å². The van der Waals surface area contributed by atoms with Crippen molar-refractivity contribution in [3.8, 4) is 0 Å². The molecule has 0 spiro atoms. The molecule has 1 aliphatic rings. The van der Waals surface area contributed by atoms with Crippen LogP contribution in [0.15, 0.2) is 0 Å². The van der Waals surface area contributed by atoms with Gasteiger partial charge in [0.25, 0.3) is 0 Å². The van der Waals surface area contributed by atoms with Gasteiger partial charge in [-0.2, -0.15) is 0 Å². The van der Waals surface area contributed by atoms with Crippen molar-refractivity contribution in [1.29, 1.82) is 0 Å². The lowest BCUT2D eigenvalue weighted by Crippen LogP contribution is -2.46. The van der Waals surface area contributed by atoms with E-state index in [2.05, 4.69) is 5.32 Å². The molecule has 0 unspecified atom stereocenters. The Kier molecular flexibility index (Phi) is 6.26. The van der Waals surface area contributed by atoms with Gasteiger partial charge in [0, 0.05) is 0 Å². The molecule has 20 heavy (non-hydrogen) atoms. The SMILES string of the molecule is CC(C)(C)OC(=O)N[C@H](COC1CCCCC1)C(=O)O. The van der Waals surface area contributed by atoms with Crippen LogP contribution < -0.4 is 5.32 Å². The van der Waals surface area contributed by atoms with Crippen LogP contribution in [0.25, 0.3) is 0 Å². The molecule has 1 saturated carbocycles. The maximum atomic E-state index is 11.6. The molecular formula is C14H25NO5. The molecule has 0 heterocycles. The fraction of sp³-hybridized carbons (Fsp3) is 0.857. The van der Waals surface area contributed by atoms with Crippen molar-refractivity contribution in [1.82, 2.24) is 5.32 Å². The first-order valence-corrected chi connectivity index (χ1v) is 7.12. The van der Waals surface area contributed by atoms with Crippen LogP contribution in [0, 0.1) is 0 Å². The number of carboxylic acids is 1. The van der Waals surface area contributed by atoms with Crippen molar-refractivity contribution < 1.29 is 24.2 Å². The van der Waals surface area contributed by atoms with Crippen molar-refractivity contribution in [2.45, 2.75) is 70.6 Å². The second kappa shape index (κ2) is 7.47. The second-order valence-corrected chi connectivity index (χ2v) is 6.13. The van der Waals surface area contributed by atoms with E-state index in [1.807, 2.05) is 0 Å². The van der Waals surface area contributed by atoms with Gasteiger partial charge in [0.1, 0.15) is 5.60 Å². The minimum Gasteiger partial charge on any atom is -0.480 e. The normalized spacial score (nSPS) is 18.4. The third kappa shape index (κ3) is 6.75. The summed E-state index contributed by atoms with van der Waals surface area (Å²) in [5.74, 6) is -1.12. The maximum absolute atomic E-state index is 11.6. The molecule has 2 N–H and O–H groups in total. The molecule has 0 radical (unpaired) electrons. The number of carboxylic acid groups (broad SMARTS) is 1. The summed E-state index contributed by atoms with van der Waals surface area (Å²) in [4.78, 5) is 22.7. The zero-order valence-electron chi connectivity index (χ0n) is 12.5. The monoisotopic (exact) mass is 287 g/mol. The Morgan fingerprint density at radius 2 is 1.85 bits per heavy atom. The van der Waals surface area contributed by atoms with Gasteiger partial charge in [0.15, 0.2) is 6.04 Å². The lowest BCUT2D eigenvalue weighted by atomic mass is 9.98. The standard InChI is InChI=1S/C14H25NO5/c1-14(2,3)20-13(18)15-11(12(16)17)9-19-10-7-5-4-6-8-10/h10-11H,4-9H2,1-3H3,(H,15,18)(H,16,17)/t11-/m1/s1. The molecule has 0 aromatic carbocycles. The van der Waals surface area contributed by atoms with Crippen LogP contribution in [0.4, 0.5) is 4.79 Å². The van der Waals surface area contributed by atoms with Gasteiger partial charge in [-0.25, -0.2) is 9.59 Å². The fourth-order valence-electron chi connectivity index (χ4n) is 2.09. The lowest BCUT2D eigenvalue weighted by Gasteiger charge is -2.25. The Hall–Kier alpha value is -1.30. The second-order valence-electron chi connectivity index (χ2n) is 6.13. The molecule has 0 aromatic rings. The number of ether oxygens (including phenoxy) is 2. The summed E-state index contributed by atoms with van der Waals surface area (Å²) in [5.41, 5.74) is -0.655. The summed E-state index contributed by atoms with van der Waals surface area (Å²) < 4.78 is 10.6. The Labute approximate surface area is 119 Å². The molecule has 6 nitrogen and oxygen atoms in total. The molecule has 0 aromatic heterocycles. The van der Waals surface area contributed by atoms with E-state index >= 15 is 0 Å². The molecule has 0 aliphatic heterocycles. The predicted octanol–water partition coefficient (Wildman–Crippen LogP) is 2.31. The molecule has 6 heteroatoms. The van der Waals surface area contributed by atoms with Crippen molar-refractivity contribution in [2.24, 2.45) is 0 Å². The summed E-state index contributed by atoms with van der Waals surface area (Å²) in [7, 11) is 0. The Balaban J connectivity index is 2.39. The van der Waals surface area contributed by atoms with Gasteiger partial charge in [0.05, 0.1) is 12.7 Å². The van der Waals surface area contributed by atoms with Gasteiger partial charge < -0.3 is 19.9 Å². The molecule has 1 fully saturated rings. The predicted molar refractivity (Wildman–Crippen MR) is 73.6 cm³/mol. The zero-order chi connectivity index (χ0) is 15.2. The first-order valence-electron chi connectivity index (χ1n) is 7.12. The summed E-state index contributed by atoms with van der Waals surface area (Å²) in [6.07, 6.45) is 4.71. The summed E-state index contributed by atoms with van der Waals surface area (Å²) in [5, 5.41) is 11.4. The van der Waals surface area contributed by atoms with E-state index in [4.69, 9.17) is 14.6 Å². The molecule has 116 valence electrons. The van der Waals surface area contributed by atoms with Crippen LogP contribution in [0.3, 0.4) is 0 Å². The first kappa shape index (κ1) is 16.8. The largest absolute Gasteiger partial charge is 0.480 e. The number of carbonyl (C=O) groups is 2. The minimum absolute atomic E-state index is 0.0285. The number of hydrogen-bond acceptors (Lipinski definition) is 4. The van der Waals surface area contributed by atoms with Crippen molar-refractivity contribution in [2.75, 3.05) is 6.61 Å². The van der Waals surface area contributed by atoms with E-state index in [-0.39, 0.29) is 12.7 Å². The molecule has 0 bridgehead atoms. The Morgan fingerprint density at radius 3 is 2.35 bits per heavy atom. The van der Waals surface area contributed by atoms with Crippen molar-refractivity contribution in [3.63, 3.8) is 0 Å². The zero-order valence-corrected chi connectivity index (χ0v) is 12.5. The molecule has 1 rings (SSSR count). The molecular weight excluding hydrogens is 262 g/mol. The smallest absolute Gasteiger partial charge is 0.408 e. The topological polar surface area (TPSA) is 84.9 Å². The third-order valence-electron chi connectivity index (χ3n) is 3.04. The maximum Gasteiger partial charge on any atom is 0.408 e. The summed E-state index contributed by atoms with van der Waals surface area (Å²) in [6, 6.07) is -1.08. The summed E-state index contributed by atoms with van der Waals surface area (Å²) in [6.45, 7) is 5.14. The highest BCUT2D eigenvalue weighted by molar-refractivity contribution is 5.80. The average Bonchev–Trinajstić information content (AvgIpc) is 2.33. The van der Waals surface area contributed by atoms with E-state index in [0.29, 0.717) is 0 Å². The van der Waals surface area contributed by atoms with Crippen molar-refractivity contribution >= 4 is 12.1 Å². The van der Waals surface area contributed by atoms with Crippen LogP contribution in [0.2, 0.25) is 0 Å². The third-order valence-corrected chi connectivity index (χ3v) is 3.04. The quantitative estimate of drug-likeness (QED) is 0.810. The van der Waals surface area contributed by atoms with Crippen LogP contribution >= 0.6 is 0 Å². The number of aliphatic carboxylic acids is 1. The van der Waals surface area contributed by atoms with E-state index in [9.17, 15) is 9.59 Å². The molecule has 1 atom stereocenters. The van der Waals surface area contributed by atoms with Crippen LogP contribution in [-0.4, -0.2) is 41.5 Å². The Morgan fingerprint density at radius 1 is 1.25 bits per heavy atom.